The largest absolute Gasteiger partial charge is 0.353 e. The summed E-state index contributed by atoms with van der Waals surface area (Å²) in [5.74, 6) is 2.93. The summed E-state index contributed by atoms with van der Waals surface area (Å²) in [4.78, 5) is 32.5. The van der Waals surface area contributed by atoms with Gasteiger partial charge in [0.2, 0.25) is 17.8 Å². The van der Waals surface area contributed by atoms with Crippen molar-refractivity contribution >= 4 is 17.8 Å². The van der Waals surface area contributed by atoms with Crippen LogP contribution in [0.15, 0.2) is 0 Å². The molecule has 0 spiro atoms. The molecule has 3 rings (SSSR count). The summed E-state index contributed by atoms with van der Waals surface area (Å²) in [5, 5.41) is 12.0. The molecule has 1 atom stereocenters. The lowest BCUT2D eigenvalue weighted by Crippen LogP contribution is -2.50. The Balaban J connectivity index is 0. The van der Waals surface area contributed by atoms with E-state index in [1.807, 2.05) is 7.05 Å². The van der Waals surface area contributed by atoms with Crippen LogP contribution < -0.4 is 37.0 Å². The van der Waals surface area contributed by atoms with Crippen molar-refractivity contribution < 1.29 is 12.5 Å². The summed E-state index contributed by atoms with van der Waals surface area (Å²) in [6.45, 7) is 31.9. The average molecular weight is 882 g/mol. The van der Waals surface area contributed by atoms with Gasteiger partial charge in [-0.1, -0.05) is 106 Å². The Labute approximate surface area is 386 Å². The maximum absolute atomic E-state index is 6.57. The zero-order valence-corrected chi connectivity index (χ0v) is 43.0. The summed E-state index contributed by atoms with van der Waals surface area (Å²) in [7, 11) is 4.02. The number of nitrogens with zero attached hydrogens (tertiary/aromatic N) is 6. The van der Waals surface area contributed by atoms with Gasteiger partial charge >= 0.3 is 0 Å². The predicted molar refractivity (Wildman–Crippen MR) is 271 cm³/mol. The summed E-state index contributed by atoms with van der Waals surface area (Å²) in [5.41, 5.74) is 8.25. The van der Waals surface area contributed by atoms with E-state index in [2.05, 4.69) is 120 Å². The number of nitrogens with two attached hydrogens (primary N) is 1. The summed E-state index contributed by atoms with van der Waals surface area (Å²) >= 11 is 0. The van der Waals surface area contributed by atoms with Crippen LogP contribution in [0.3, 0.4) is 0 Å². The monoisotopic (exact) mass is 882 g/mol. The van der Waals surface area contributed by atoms with Gasteiger partial charge in [0.25, 0.3) is 0 Å². The number of anilines is 3. The minimum absolute atomic E-state index is 0. The van der Waals surface area contributed by atoms with Gasteiger partial charge < -0.3 is 31.5 Å². The van der Waals surface area contributed by atoms with Crippen molar-refractivity contribution in [2.45, 2.75) is 227 Å². The number of rotatable bonds is 30. The quantitative estimate of drug-likeness (QED) is 0.0370. The zero-order chi connectivity index (χ0) is 46.2. The average Bonchev–Trinajstić information content (AvgIpc) is 3.26. The van der Waals surface area contributed by atoms with Crippen molar-refractivity contribution in [3.8, 4) is 0 Å². The summed E-state index contributed by atoms with van der Waals surface area (Å²) in [6, 6.07) is 0.295. The number of likely N-dealkylation sites (N-methyl/N-ethyl adjacent to an activating group) is 2. The van der Waals surface area contributed by atoms with Crippen molar-refractivity contribution in [3.05, 3.63) is 0 Å². The highest BCUT2D eigenvalue weighted by molar-refractivity contribution is 5.46. The first-order chi connectivity index (χ1) is 29.7. The number of unbranched alkanes of at least 4 members (excludes halogenated alkanes) is 2. The highest BCUT2D eigenvalue weighted by atomic mass is 16.7. The summed E-state index contributed by atoms with van der Waals surface area (Å²) in [6.07, 6.45) is 23.4. The van der Waals surface area contributed by atoms with Crippen molar-refractivity contribution in [2.24, 2.45) is 11.7 Å². The Morgan fingerprint density at radius 3 is 1.90 bits per heavy atom. The van der Waals surface area contributed by atoms with Crippen LogP contribution in [0.5, 0.6) is 0 Å². The van der Waals surface area contributed by atoms with E-state index in [9.17, 15) is 0 Å². The van der Waals surface area contributed by atoms with Gasteiger partial charge in [0, 0.05) is 72.8 Å². The standard InChI is InChI=1S/C35H70N8O.C11H23NO.C3H10N2.2H2/c1-10-14-25-42(27-22-29(5)6)33-38-32(37-24-23-36-13-4)39-34(40-33)43(26-15-11-2)30(19-12-3)28-35(7,8)41(9)44-31-20-17-16-18-21-31;1-4-11(2,3)12-13-10-8-6-5-7-9-10;1-5-3-2-4;;/h29-31,36H,10-28H2,1-9H3,(H,37,38,39,40);10,12H,4-9H2,1-3H3;5H,2-4H2,1H3;2*1H. The van der Waals surface area contributed by atoms with Crippen LogP contribution in [-0.4, -0.2) is 116 Å². The van der Waals surface area contributed by atoms with E-state index in [0.29, 0.717) is 30.1 Å². The minimum atomic E-state index is -0.130. The third-order valence-electron chi connectivity index (χ3n) is 12.3. The molecule has 6 N–H and O–H groups in total. The van der Waals surface area contributed by atoms with Gasteiger partial charge in [0.15, 0.2) is 0 Å². The number of nitrogens with one attached hydrogen (secondary N) is 4. The Kier molecular flexibility index (Phi) is 32.3. The molecule has 0 amide bonds. The number of hydrogen-bond donors (Lipinski definition) is 5. The fourth-order valence-electron chi connectivity index (χ4n) is 7.58. The van der Waals surface area contributed by atoms with Gasteiger partial charge in [-0.3, -0.25) is 9.68 Å². The van der Waals surface area contributed by atoms with Crippen LogP contribution in [0.25, 0.3) is 0 Å². The van der Waals surface area contributed by atoms with Crippen molar-refractivity contribution in [1.29, 1.82) is 0 Å². The van der Waals surface area contributed by atoms with Crippen molar-refractivity contribution in [2.75, 3.05) is 81.6 Å². The molecule has 62 heavy (non-hydrogen) atoms. The van der Waals surface area contributed by atoms with Crippen LogP contribution in [0.2, 0.25) is 0 Å². The SMILES string of the molecule is CCC(C)(C)NOC1CCCCC1.CCCCN(CCC(C)C)c1nc(NCCNCC)nc(N(CCCC)C(CCC)CC(C)(C)N(C)OC2CCCCC2)n1.CNCCN.[HH].[HH]. The molecule has 0 radical (unpaired) electrons. The zero-order valence-electron chi connectivity index (χ0n) is 43.0. The van der Waals surface area contributed by atoms with Crippen LogP contribution in [0.1, 0.15) is 201 Å². The van der Waals surface area contributed by atoms with Crippen LogP contribution in [0, 0.1) is 5.92 Å². The third-order valence-corrected chi connectivity index (χ3v) is 12.3. The normalized spacial score (nSPS) is 15.8. The van der Waals surface area contributed by atoms with E-state index in [1.165, 1.54) is 64.2 Å². The molecule has 370 valence electrons. The molecule has 13 nitrogen and oxygen atoms in total. The Morgan fingerprint density at radius 1 is 0.758 bits per heavy atom. The molecule has 0 aliphatic heterocycles. The molecular formula is C49H107N11O2. The first-order valence-corrected chi connectivity index (χ1v) is 25.6. The molecule has 1 unspecified atom stereocenters. The lowest BCUT2D eigenvalue weighted by atomic mass is 9.91. The molecule has 2 aliphatic carbocycles. The van der Waals surface area contributed by atoms with Gasteiger partial charge in [0.1, 0.15) is 0 Å². The van der Waals surface area contributed by atoms with Crippen LogP contribution in [-0.2, 0) is 9.68 Å². The number of aromatic nitrogens is 3. The fourth-order valence-corrected chi connectivity index (χ4v) is 7.58. The van der Waals surface area contributed by atoms with E-state index in [4.69, 9.17) is 30.4 Å². The molecule has 2 fully saturated rings. The Hall–Kier alpha value is -1.87. The molecule has 0 aromatic carbocycles. The molecule has 1 aromatic rings. The maximum atomic E-state index is 6.57. The highest BCUT2D eigenvalue weighted by Gasteiger charge is 2.34. The molecule has 1 heterocycles. The lowest BCUT2D eigenvalue weighted by molar-refractivity contribution is -0.237. The van der Waals surface area contributed by atoms with Gasteiger partial charge in [-0.2, -0.15) is 25.5 Å². The second-order valence-electron chi connectivity index (χ2n) is 19.5. The predicted octanol–water partition coefficient (Wildman–Crippen LogP) is 10.4. The van der Waals surface area contributed by atoms with E-state index >= 15 is 0 Å². The van der Waals surface area contributed by atoms with Gasteiger partial charge in [-0.05, 0) is 111 Å². The lowest BCUT2D eigenvalue weighted by Gasteiger charge is -2.42. The van der Waals surface area contributed by atoms with Crippen molar-refractivity contribution in [1.82, 2.24) is 36.1 Å². The fraction of sp³-hybridized carbons (Fsp3) is 0.939. The minimum Gasteiger partial charge on any atom is -0.353 e. The molecule has 0 bridgehead atoms. The maximum Gasteiger partial charge on any atom is 0.232 e. The van der Waals surface area contributed by atoms with E-state index < -0.39 is 0 Å². The van der Waals surface area contributed by atoms with Crippen LogP contribution in [0.4, 0.5) is 17.8 Å². The first-order valence-electron chi connectivity index (χ1n) is 25.6. The Bertz CT molecular complexity index is 1210. The van der Waals surface area contributed by atoms with Crippen LogP contribution >= 0.6 is 0 Å². The molecule has 1 aromatic heterocycles. The van der Waals surface area contributed by atoms with E-state index in [1.54, 1.807) is 0 Å². The van der Waals surface area contributed by atoms with E-state index in [0.717, 1.165) is 122 Å². The van der Waals surface area contributed by atoms with E-state index in [-0.39, 0.29) is 13.9 Å². The molecule has 2 aliphatic rings. The molecule has 0 saturated heterocycles. The molecular weight excluding hydrogens is 775 g/mol. The topological polar surface area (TPSA) is 141 Å². The summed E-state index contributed by atoms with van der Waals surface area (Å²) < 4.78 is 0. The third kappa shape index (κ3) is 25.6. The number of hydroxylamine groups is 3. The molecule has 2 saturated carbocycles. The van der Waals surface area contributed by atoms with Gasteiger partial charge in [-0.15, -0.1) is 0 Å². The van der Waals surface area contributed by atoms with Gasteiger partial charge in [-0.25, -0.2) is 0 Å². The second kappa shape index (κ2) is 34.5. The first kappa shape index (κ1) is 58.1. The molecule has 13 heteroatoms. The highest BCUT2D eigenvalue weighted by Crippen LogP contribution is 2.31. The second-order valence-corrected chi connectivity index (χ2v) is 19.5. The Morgan fingerprint density at radius 2 is 1.37 bits per heavy atom. The van der Waals surface area contributed by atoms with Crippen molar-refractivity contribution in [3.63, 3.8) is 0 Å². The smallest absolute Gasteiger partial charge is 0.232 e. The number of hydrogen-bond acceptors (Lipinski definition) is 13. The van der Waals surface area contributed by atoms with Gasteiger partial charge in [0.05, 0.1) is 12.2 Å².